The Balaban J connectivity index is 1.29. The van der Waals surface area contributed by atoms with E-state index in [-0.39, 0.29) is 0 Å². The number of piperazine rings is 1. The minimum Gasteiger partial charge on any atom is -0.494 e. The molecule has 0 N–H and O–H groups in total. The lowest BCUT2D eigenvalue weighted by Gasteiger charge is -2.33. The molecule has 2 aromatic heterocycles. The van der Waals surface area contributed by atoms with E-state index in [0.29, 0.717) is 24.9 Å². The minimum absolute atomic E-state index is 0.617. The first kappa shape index (κ1) is 18.6. The first-order chi connectivity index (χ1) is 13.8. The Morgan fingerprint density at radius 3 is 2.39 bits per heavy atom. The lowest BCUT2D eigenvalue weighted by atomic mass is 10.2. The third-order valence-electron chi connectivity index (χ3n) is 4.83. The number of nitrogens with zero attached hydrogens (tertiary/aromatic N) is 5. The van der Waals surface area contributed by atoms with E-state index in [1.807, 2.05) is 49.5 Å². The largest absolute Gasteiger partial charge is 0.494 e. The Bertz CT molecular complexity index is 858. The second-order valence-electron chi connectivity index (χ2n) is 6.84. The van der Waals surface area contributed by atoms with Gasteiger partial charge in [-0.2, -0.15) is 4.98 Å². The van der Waals surface area contributed by atoms with E-state index in [1.165, 1.54) is 0 Å². The number of pyridine rings is 1. The van der Waals surface area contributed by atoms with Crippen LogP contribution in [-0.2, 0) is 13.1 Å². The first-order valence-corrected chi connectivity index (χ1v) is 9.70. The highest BCUT2D eigenvalue weighted by Crippen LogP contribution is 2.20. The normalized spacial score (nSPS) is 15.6. The highest BCUT2D eigenvalue weighted by molar-refractivity contribution is 5.55. The molecule has 3 heterocycles. The summed E-state index contributed by atoms with van der Waals surface area (Å²) in [4.78, 5) is 13.7. The van der Waals surface area contributed by atoms with E-state index in [9.17, 15) is 0 Å². The fraction of sp³-hybridized carbons (Fsp3) is 0.381. The second-order valence-corrected chi connectivity index (χ2v) is 6.84. The van der Waals surface area contributed by atoms with Crippen molar-refractivity contribution >= 4 is 0 Å². The van der Waals surface area contributed by atoms with Gasteiger partial charge in [0.25, 0.3) is 0 Å². The molecule has 28 heavy (non-hydrogen) atoms. The monoisotopic (exact) mass is 379 g/mol. The maximum atomic E-state index is 5.47. The van der Waals surface area contributed by atoms with Gasteiger partial charge in [0.1, 0.15) is 5.75 Å². The minimum atomic E-state index is 0.617. The van der Waals surface area contributed by atoms with Crippen molar-refractivity contribution in [2.75, 3.05) is 32.8 Å². The van der Waals surface area contributed by atoms with Crippen molar-refractivity contribution in [3.8, 4) is 17.1 Å². The summed E-state index contributed by atoms with van der Waals surface area (Å²) in [6, 6.07) is 13.8. The maximum Gasteiger partial charge on any atom is 0.241 e. The molecule has 0 radical (unpaired) electrons. The molecule has 7 heteroatoms. The average molecular weight is 379 g/mol. The summed E-state index contributed by atoms with van der Waals surface area (Å²) in [5.41, 5.74) is 2.05. The molecular weight excluding hydrogens is 354 g/mol. The van der Waals surface area contributed by atoms with E-state index < -0.39 is 0 Å². The maximum absolute atomic E-state index is 5.47. The highest BCUT2D eigenvalue weighted by Gasteiger charge is 2.20. The topological polar surface area (TPSA) is 67.5 Å². The number of hydrogen-bond acceptors (Lipinski definition) is 7. The summed E-state index contributed by atoms with van der Waals surface area (Å²) in [5.74, 6) is 2.12. The molecule has 0 amide bonds. The molecule has 0 bridgehead atoms. The molecule has 3 aromatic rings. The molecular formula is C21H25N5O2. The molecule has 0 aliphatic carbocycles. The van der Waals surface area contributed by atoms with E-state index >= 15 is 0 Å². The van der Waals surface area contributed by atoms with Crippen LogP contribution in [0.15, 0.2) is 53.2 Å². The fourth-order valence-corrected chi connectivity index (χ4v) is 3.32. The van der Waals surface area contributed by atoms with Gasteiger partial charge < -0.3 is 9.26 Å². The van der Waals surface area contributed by atoms with Crippen molar-refractivity contribution in [1.82, 2.24) is 24.9 Å². The Morgan fingerprint density at radius 2 is 1.71 bits per heavy atom. The number of benzene rings is 1. The van der Waals surface area contributed by atoms with Crippen molar-refractivity contribution in [1.29, 1.82) is 0 Å². The highest BCUT2D eigenvalue weighted by atomic mass is 16.5. The van der Waals surface area contributed by atoms with Crippen LogP contribution >= 0.6 is 0 Å². The average Bonchev–Trinajstić information content (AvgIpc) is 3.20. The second kappa shape index (κ2) is 8.95. The van der Waals surface area contributed by atoms with Crippen LogP contribution in [0.1, 0.15) is 18.5 Å². The standard InChI is InChI=1S/C21H25N5O2/c1-2-27-19-8-6-17(7-9-19)21-23-20(28-24-21)16-26-13-11-25(12-14-26)15-18-5-3-4-10-22-18/h3-10H,2,11-16H2,1H3. The molecule has 7 nitrogen and oxygen atoms in total. The van der Waals surface area contributed by atoms with Gasteiger partial charge in [0.05, 0.1) is 18.8 Å². The molecule has 0 unspecified atom stereocenters. The predicted octanol–water partition coefficient (Wildman–Crippen LogP) is 2.85. The van der Waals surface area contributed by atoms with E-state index in [2.05, 4.69) is 31.0 Å². The van der Waals surface area contributed by atoms with Gasteiger partial charge in [-0.05, 0) is 43.3 Å². The van der Waals surface area contributed by atoms with Gasteiger partial charge in [-0.3, -0.25) is 14.8 Å². The molecule has 1 aromatic carbocycles. The van der Waals surface area contributed by atoms with Crippen LogP contribution < -0.4 is 4.74 Å². The zero-order valence-corrected chi connectivity index (χ0v) is 16.1. The van der Waals surface area contributed by atoms with Crippen LogP contribution in [0.5, 0.6) is 5.75 Å². The Morgan fingerprint density at radius 1 is 0.964 bits per heavy atom. The van der Waals surface area contributed by atoms with Crippen LogP contribution in [0, 0.1) is 0 Å². The fourth-order valence-electron chi connectivity index (χ4n) is 3.32. The Kier molecular flexibility index (Phi) is 5.94. The molecule has 4 rings (SSSR count). The van der Waals surface area contributed by atoms with Crippen LogP contribution in [0.4, 0.5) is 0 Å². The summed E-state index contributed by atoms with van der Waals surface area (Å²) in [6.45, 7) is 8.19. The van der Waals surface area contributed by atoms with E-state index in [4.69, 9.17) is 9.26 Å². The van der Waals surface area contributed by atoms with Crippen molar-refractivity contribution < 1.29 is 9.26 Å². The summed E-state index contributed by atoms with van der Waals surface area (Å²) in [7, 11) is 0. The van der Waals surface area contributed by atoms with Crippen molar-refractivity contribution in [3.05, 3.63) is 60.2 Å². The SMILES string of the molecule is CCOc1ccc(-c2noc(CN3CCN(Cc4ccccn4)CC3)n2)cc1. The third kappa shape index (κ3) is 4.74. The summed E-state index contributed by atoms with van der Waals surface area (Å²) >= 11 is 0. The smallest absolute Gasteiger partial charge is 0.241 e. The van der Waals surface area contributed by atoms with Gasteiger partial charge >= 0.3 is 0 Å². The number of ether oxygens (including phenoxy) is 1. The molecule has 0 spiro atoms. The molecule has 146 valence electrons. The first-order valence-electron chi connectivity index (χ1n) is 9.70. The van der Waals surface area contributed by atoms with Gasteiger partial charge in [-0.15, -0.1) is 0 Å². The quantitative estimate of drug-likeness (QED) is 0.625. The van der Waals surface area contributed by atoms with Gasteiger partial charge in [-0.25, -0.2) is 0 Å². The molecule has 1 fully saturated rings. The number of rotatable bonds is 7. The summed E-state index contributed by atoms with van der Waals surface area (Å²) in [5, 5.41) is 4.13. The van der Waals surface area contributed by atoms with Crippen molar-refractivity contribution in [3.63, 3.8) is 0 Å². The number of hydrogen-bond donors (Lipinski definition) is 0. The zero-order chi connectivity index (χ0) is 19.2. The van der Waals surface area contributed by atoms with Crippen molar-refractivity contribution in [2.45, 2.75) is 20.0 Å². The van der Waals surface area contributed by atoms with Crippen LogP contribution in [0.3, 0.4) is 0 Å². The molecule has 0 atom stereocenters. The van der Waals surface area contributed by atoms with Crippen LogP contribution in [0.2, 0.25) is 0 Å². The summed E-state index contributed by atoms with van der Waals surface area (Å²) in [6.07, 6.45) is 1.85. The van der Waals surface area contributed by atoms with Gasteiger partial charge in [0.2, 0.25) is 11.7 Å². The molecule has 1 aliphatic heterocycles. The third-order valence-corrected chi connectivity index (χ3v) is 4.83. The van der Waals surface area contributed by atoms with Gasteiger partial charge in [-0.1, -0.05) is 11.2 Å². The van der Waals surface area contributed by atoms with Crippen LogP contribution in [0.25, 0.3) is 11.4 Å². The molecule has 1 saturated heterocycles. The lowest BCUT2D eigenvalue weighted by molar-refractivity contribution is 0.111. The zero-order valence-electron chi connectivity index (χ0n) is 16.1. The Labute approximate surface area is 164 Å². The molecule has 0 saturated carbocycles. The van der Waals surface area contributed by atoms with E-state index in [1.54, 1.807) is 0 Å². The van der Waals surface area contributed by atoms with Gasteiger partial charge in [0.15, 0.2) is 0 Å². The molecule has 1 aliphatic rings. The Hall–Kier alpha value is -2.77. The van der Waals surface area contributed by atoms with E-state index in [0.717, 1.165) is 49.7 Å². The number of aromatic nitrogens is 3. The summed E-state index contributed by atoms with van der Waals surface area (Å²) < 4.78 is 10.9. The van der Waals surface area contributed by atoms with Gasteiger partial charge in [0, 0.05) is 44.5 Å². The predicted molar refractivity (Wildman–Crippen MR) is 106 cm³/mol. The van der Waals surface area contributed by atoms with Crippen LogP contribution in [-0.4, -0.2) is 57.7 Å². The van der Waals surface area contributed by atoms with Crippen molar-refractivity contribution in [2.24, 2.45) is 0 Å². The lowest BCUT2D eigenvalue weighted by Crippen LogP contribution is -2.45.